The summed E-state index contributed by atoms with van der Waals surface area (Å²) in [6.45, 7) is 3.22. The third kappa shape index (κ3) is 5.15. The van der Waals surface area contributed by atoms with E-state index in [-0.39, 0.29) is 7.02 Å². The van der Waals surface area contributed by atoms with Crippen molar-refractivity contribution in [2.75, 3.05) is 6.61 Å². The third-order valence-electron chi connectivity index (χ3n) is 4.42. The van der Waals surface area contributed by atoms with E-state index in [1.165, 1.54) is 49.3 Å². The normalized spacial score (nSPS) is 23.5. The number of benzene rings is 1. The minimum atomic E-state index is 0.206. The number of ether oxygens (including phenoxy) is 1. The van der Waals surface area contributed by atoms with Gasteiger partial charge in [0.1, 0.15) is 0 Å². The van der Waals surface area contributed by atoms with Crippen molar-refractivity contribution in [2.45, 2.75) is 63.5 Å². The fraction of sp³-hybridized carbons (Fsp3) is 0.647. The van der Waals surface area contributed by atoms with Crippen molar-refractivity contribution in [3.63, 3.8) is 0 Å². The first-order chi connectivity index (χ1) is 9.83. The Bertz CT molecular complexity index is 371. The monoisotopic (exact) mass is 402 g/mol. The molecule has 1 aliphatic carbocycles. The molecule has 0 heterocycles. The quantitative estimate of drug-likeness (QED) is 0.280. The lowest BCUT2D eigenvalue weighted by Crippen LogP contribution is -2.21. The van der Waals surface area contributed by atoms with Gasteiger partial charge in [0, 0.05) is 6.61 Å². The first-order valence-corrected chi connectivity index (χ1v) is 14.2. The lowest BCUT2D eigenvalue weighted by atomic mass is 9.82. The highest BCUT2D eigenvalue weighted by atomic mass is 127. The molecule has 0 unspecified atom stereocenters. The molecule has 0 radical (unpaired) electrons. The number of rotatable bonds is 7. The number of hydrogen-bond donors (Lipinski definition) is 0. The van der Waals surface area contributed by atoms with Crippen LogP contribution in [0.1, 0.15) is 56.1 Å². The molecular weight excluding hydrogens is 375 g/mol. The Hall–Kier alpha value is 0.127. The minimum absolute atomic E-state index is 0.206. The standard InChI is InChI=1S/C17H27IOSi/c1-2-14-4-6-15(7-5-14)16-8-10-17(11-9-16)19-12-3-13-20-18/h4-7,16-17H,2-3,8-13,20H2,1H3/t16-,17-. The molecular formula is C17H27IOSi. The maximum Gasteiger partial charge on any atom is 0.0938 e. The van der Waals surface area contributed by atoms with Crippen LogP contribution in [0.3, 0.4) is 0 Å². The van der Waals surface area contributed by atoms with E-state index >= 15 is 0 Å². The van der Waals surface area contributed by atoms with Crippen LogP contribution in [0.15, 0.2) is 24.3 Å². The van der Waals surface area contributed by atoms with Gasteiger partial charge in [0.15, 0.2) is 0 Å². The van der Waals surface area contributed by atoms with Crippen LogP contribution in [0, 0.1) is 0 Å². The molecule has 1 aliphatic rings. The van der Waals surface area contributed by atoms with E-state index in [0.717, 1.165) is 18.9 Å². The van der Waals surface area contributed by atoms with Crippen molar-refractivity contribution in [1.29, 1.82) is 0 Å². The summed E-state index contributed by atoms with van der Waals surface area (Å²) < 4.78 is 6.02. The molecule has 0 N–H and O–H groups in total. The third-order valence-corrected chi connectivity index (χ3v) is 7.47. The zero-order valence-corrected chi connectivity index (χ0v) is 16.2. The van der Waals surface area contributed by atoms with Crippen molar-refractivity contribution in [3.05, 3.63) is 35.4 Å². The largest absolute Gasteiger partial charge is 0.378 e. The van der Waals surface area contributed by atoms with Gasteiger partial charge in [-0.2, -0.15) is 0 Å². The summed E-state index contributed by atoms with van der Waals surface area (Å²) in [6, 6.07) is 10.7. The first-order valence-electron chi connectivity index (χ1n) is 8.10. The number of aryl methyl sites for hydroxylation is 1. The summed E-state index contributed by atoms with van der Waals surface area (Å²) in [4.78, 5) is 0. The van der Waals surface area contributed by atoms with Gasteiger partial charge in [-0.05, 0) is 55.6 Å². The molecule has 0 atom stereocenters. The van der Waals surface area contributed by atoms with E-state index in [1.807, 2.05) is 0 Å². The van der Waals surface area contributed by atoms with Crippen LogP contribution in [0.2, 0.25) is 6.04 Å². The SMILES string of the molecule is CCc1ccc([C@H]2CC[C@H](OCCC[SiH2]I)CC2)cc1. The molecule has 1 fully saturated rings. The first kappa shape index (κ1) is 16.5. The minimum Gasteiger partial charge on any atom is -0.378 e. The maximum absolute atomic E-state index is 6.02. The van der Waals surface area contributed by atoms with E-state index in [0.29, 0.717) is 6.10 Å². The summed E-state index contributed by atoms with van der Waals surface area (Å²) in [5, 5.41) is 0. The smallest absolute Gasteiger partial charge is 0.0938 e. The Morgan fingerprint density at radius 3 is 2.45 bits per heavy atom. The molecule has 0 spiro atoms. The second-order valence-corrected chi connectivity index (χ2v) is 10.2. The van der Waals surface area contributed by atoms with E-state index in [1.54, 1.807) is 0 Å². The molecule has 112 valence electrons. The Kier molecular flexibility index (Phi) is 7.59. The Labute approximate surface area is 138 Å². The molecule has 0 bridgehead atoms. The van der Waals surface area contributed by atoms with Gasteiger partial charge >= 0.3 is 0 Å². The fourth-order valence-electron chi connectivity index (χ4n) is 3.03. The molecule has 20 heavy (non-hydrogen) atoms. The van der Waals surface area contributed by atoms with Gasteiger partial charge in [0.25, 0.3) is 0 Å². The van der Waals surface area contributed by atoms with Crippen LogP contribution in [-0.2, 0) is 11.2 Å². The van der Waals surface area contributed by atoms with Gasteiger partial charge in [-0.3, -0.25) is 0 Å². The van der Waals surface area contributed by atoms with E-state index in [2.05, 4.69) is 53.0 Å². The highest BCUT2D eigenvalue weighted by Crippen LogP contribution is 2.34. The maximum atomic E-state index is 6.02. The van der Waals surface area contributed by atoms with Crippen LogP contribution in [0.25, 0.3) is 0 Å². The van der Waals surface area contributed by atoms with Gasteiger partial charge < -0.3 is 4.74 Å². The average Bonchev–Trinajstić information content (AvgIpc) is 2.52. The summed E-state index contributed by atoms with van der Waals surface area (Å²) in [5.74, 6) is 0.766. The molecule has 0 aromatic heterocycles. The fourth-order valence-corrected chi connectivity index (χ4v) is 5.05. The second kappa shape index (κ2) is 9.21. The second-order valence-electron chi connectivity index (χ2n) is 5.84. The Balaban J connectivity index is 1.73. The van der Waals surface area contributed by atoms with Crippen molar-refractivity contribution < 1.29 is 4.74 Å². The van der Waals surface area contributed by atoms with Crippen molar-refractivity contribution in [2.24, 2.45) is 0 Å². The zero-order chi connectivity index (χ0) is 14.2. The Morgan fingerprint density at radius 2 is 1.85 bits per heavy atom. The molecule has 2 rings (SSSR count). The summed E-state index contributed by atoms with van der Waals surface area (Å²) >= 11 is 2.58. The molecule has 1 aromatic carbocycles. The van der Waals surface area contributed by atoms with Gasteiger partial charge in [-0.25, -0.2) is 0 Å². The van der Waals surface area contributed by atoms with Gasteiger partial charge in [-0.1, -0.05) is 37.2 Å². The highest BCUT2D eigenvalue weighted by molar-refractivity contribution is 14.1. The predicted molar refractivity (Wildman–Crippen MR) is 98.8 cm³/mol. The zero-order valence-electron chi connectivity index (χ0n) is 12.6. The van der Waals surface area contributed by atoms with Crippen LogP contribution in [-0.4, -0.2) is 19.7 Å². The molecule has 0 amide bonds. The lowest BCUT2D eigenvalue weighted by molar-refractivity contribution is 0.0252. The van der Waals surface area contributed by atoms with E-state index in [9.17, 15) is 0 Å². The van der Waals surface area contributed by atoms with Crippen LogP contribution in [0.5, 0.6) is 0 Å². The molecule has 1 aromatic rings. The number of halogens is 1. The highest BCUT2D eigenvalue weighted by Gasteiger charge is 2.22. The molecule has 1 saturated carbocycles. The topological polar surface area (TPSA) is 9.23 Å². The van der Waals surface area contributed by atoms with Crippen molar-refractivity contribution in [3.8, 4) is 0 Å². The molecule has 3 heteroatoms. The predicted octanol–water partition coefficient (Wildman–Crippen LogP) is 4.62. The Morgan fingerprint density at radius 1 is 1.15 bits per heavy atom. The summed E-state index contributed by atoms with van der Waals surface area (Å²) in [5.41, 5.74) is 2.99. The van der Waals surface area contributed by atoms with E-state index < -0.39 is 0 Å². The molecule has 0 aliphatic heterocycles. The summed E-state index contributed by atoms with van der Waals surface area (Å²) in [6.07, 6.45) is 8.07. The molecule has 1 nitrogen and oxygen atoms in total. The van der Waals surface area contributed by atoms with Gasteiger partial charge in [0.2, 0.25) is 0 Å². The average molecular weight is 402 g/mol. The summed E-state index contributed by atoms with van der Waals surface area (Å²) in [7, 11) is 0.206. The van der Waals surface area contributed by atoms with Crippen LogP contribution < -0.4 is 0 Å². The van der Waals surface area contributed by atoms with Crippen molar-refractivity contribution >= 4 is 28.8 Å². The molecule has 0 saturated heterocycles. The van der Waals surface area contributed by atoms with E-state index in [4.69, 9.17) is 4.74 Å². The van der Waals surface area contributed by atoms with Crippen LogP contribution >= 0.6 is 21.8 Å². The lowest BCUT2D eigenvalue weighted by Gasteiger charge is -2.29. The van der Waals surface area contributed by atoms with Gasteiger partial charge in [0.05, 0.1) is 13.1 Å². The van der Waals surface area contributed by atoms with Gasteiger partial charge in [-0.15, -0.1) is 21.8 Å². The van der Waals surface area contributed by atoms with Crippen LogP contribution in [0.4, 0.5) is 0 Å². The van der Waals surface area contributed by atoms with Crippen molar-refractivity contribution in [1.82, 2.24) is 0 Å². The number of hydrogen-bond acceptors (Lipinski definition) is 1.